The van der Waals surface area contributed by atoms with Crippen molar-refractivity contribution in [2.24, 2.45) is 11.8 Å². The lowest BCUT2D eigenvalue weighted by Gasteiger charge is -2.35. The van der Waals surface area contributed by atoms with E-state index in [0.29, 0.717) is 41.7 Å². The number of benzene rings is 1. The van der Waals surface area contributed by atoms with Gasteiger partial charge in [0.25, 0.3) is 0 Å². The summed E-state index contributed by atoms with van der Waals surface area (Å²) in [5.41, 5.74) is 0.832. The van der Waals surface area contributed by atoms with Crippen LogP contribution >= 0.6 is 11.6 Å². The van der Waals surface area contributed by atoms with Crippen molar-refractivity contribution in [1.82, 2.24) is 4.98 Å². The molecule has 2 fully saturated rings. The Morgan fingerprint density at radius 1 is 1.29 bits per heavy atom. The van der Waals surface area contributed by atoms with Crippen molar-refractivity contribution in [3.63, 3.8) is 0 Å². The van der Waals surface area contributed by atoms with Gasteiger partial charge in [0.05, 0.1) is 34.4 Å². The van der Waals surface area contributed by atoms with Crippen LogP contribution in [0.25, 0.3) is 11.3 Å². The Morgan fingerprint density at radius 3 is 2.74 bits per heavy atom. The van der Waals surface area contributed by atoms with Gasteiger partial charge >= 0.3 is 0 Å². The van der Waals surface area contributed by atoms with Crippen molar-refractivity contribution >= 4 is 21.4 Å². The predicted molar refractivity (Wildman–Crippen MR) is 118 cm³/mol. The van der Waals surface area contributed by atoms with Crippen molar-refractivity contribution in [2.75, 3.05) is 19.8 Å². The van der Waals surface area contributed by atoms with Crippen LogP contribution < -0.4 is 4.74 Å². The molecule has 1 aliphatic carbocycles. The maximum absolute atomic E-state index is 14.6. The van der Waals surface area contributed by atoms with Crippen LogP contribution in [0.2, 0.25) is 5.02 Å². The van der Waals surface area contributed by atoms with Crippen LogP contribution in [0.15, 0.2) is 49.2 Å². The number of halogens is 2. The van der Waals surface area contributed by atoms with E-state index in [9.17, 15) is 12.8 Å². The summed E-state index contributed by atoms with van der Waals surface area (Å²) in [4.78, 5) is 4.14. The molecule has 0 amide bonds. The third-order valence-corrected chi connectivity index (χ3v) is 8.89. The smallest absolute Gasteiger partial charge is 0.159 e. The van der Waals surface area contributed by atoms with Crippen LogP contribution in [-0.4, -0.2) is 43.7 Å². The fourth-order valence-electron chi connectivity index (χ4n) is 4.12. The number of ether oxygens (including phenoxy) is 2. The van der Waals surface area contributed by atoms with Crippen molar-refractivity contribution in [2.45, 2.75) is 29.8 Å². The van der Waals surface area contributed by atoms with Gasteiger partial charge in [-0.25, -0.2) is 12.8 Å². The van der Waals surface area contributed by atoms with Crippen LogP contribution in [0.4, 0.5) is 4.39 Å². The Bertz CT molecular complexity index is 1040. The van der Waals surface area contributed by atoms with Crippen LogP contribution in [0.5, 0.6) is 5.75 Å². The minimum absolute atomic E-state index is 0.119. The van der Waals surface area contributed by atoms with Crippen LogP contribution in [0, 0.1) is 17.7 Å². The second-order valence-corrected chi connectivity index (χ2v) is 10.9. The molecule has 166 valence electrons. The van der Waals surface area contributed by atoms with E-state index in [-0.39, 0.29) is 23.7 Å². The number of aromatic nitrogens is 1. The van der Waals surface area contributed by atoms with E-state index in [1.54, 1.807) is 30.3 Å². The number of nitrogens with zero attached hydrogens (tertiary/aromatic N) is 1. The van der Waals surface area contributed by atoms with Gasteiger partial charge in [-0.1, -0.05) is 17.7 Å². The largest absolute Gasteiger partial charge is 0.493 e. The van der Waals surface area contributed by atoms with Crippen molar-refractivity contribution in [1.29, 1.82) is 0 Å². The molecule has 1 aromatic carbocycles. The zero-order valence-electron chi connectivity index (χ0n) is 17.0. The van der Waals surface area contributed by atoms with E-state index in [1.165, 1.54) is 12.3 Å². The van der Waals surface area contributed by atoms with E-state index in [2.05, 4.69) is 11.6 Å². The molecule has 3 unspecified atom stereocenters. The van der Waals surface area contributed by atoms with E-state index in [4.69, 9.17) is 21.1 Å². The van der Waals surface area contributed by atoms with E-state index >= 15 is 0 Å². The second kappa shape index (κ2) is 9.27. The van der Waals surface area contributed by atoms with E-state index < -0.39 is 20.9 Å². The highest BCUT2D eigenvalue weighted by Crippen LogP contribution is 2.38. The average Bonchev–Trinajstić information content (AvgIpc) is 3.60. The molecule has 1 saturated carbocycles. The summed E-state index contributed by atoms with van der Waals surface area (Å²) in [6, 6.07) is 7.92. The first kappa shape index (κ1) is 22.2. The molecule has 0 spiro atoms. The van der Waals surface area contributed by atoms with Crippen molar-refractivity contribution < 1.29 is 22.3 Å². The molecule has 4 rings (SSSR count). The highest BCUT2D eigenvalue weighted by Gasteiger charge is 2.45. The summed E-state index contributed by atoms with van der Waals surface area (Å²) in [5.74, 6) is -0.325. The number of pyridine rings is 1. The molecule has 1 saturated heterocycles. The molecule has 0 radical (unpaired) electrons. The third kappa shape index (κ3) is 4.94. The third-order valence-electron chi connectivity index (χ3n) is 5.96. The molecule has 3 atom stereocenters. The molecular formula is C23H25ClFNO4S. The molecule has 31 heavy (non-hydrogen) atoms. The maximum Gasteiger partial charge on any atom is 0.159 e. The maximum atomic E-state index is 14.6. The SMILES string of the molecule is C=CC(C1CCOCC1COc1ccc(-c2ccc(Cl)cn2)c(F)c1)S(=O)(=O)C1CC1. The zero-order valence-corrected chi connectivity index (χ0v) is 18.6. The highest BCUT2D eigenvalue weighted by atomic mass is 35.5. The molecule has 2 aromatic rings. The van der Waals surface area contributed by atoms with E-state index in [0.717, 1.165) is 12.8 Å². The number of rotatable bonds is 8. The highest BCUT2D eigenvalue weighted by molar-refractivity contribution is 7.93. The van der Waals surface area contributed by atoms with Crippen molar-refractivity contribution in [3.8, 4) is 17.0 Å². The fraction of sp³-hybridized carbons (Fsp3) is 0.435. The first-order valence-electron chi connectivity index (χ1n) is 10.4. The Balaban J connectivity index is 1.46. The molecule has 5 nitrogen and oxygen atoms in total. The second-order valence-electron chi connectivity index (χ2n) is 8.09. The van der Waals surface area contributed by atoms with Gasteiger partial charge in [0, 0.05) is 30.4 Å². The average molecular weight is 466 g/mol. The lowest BCUT2D eigenvalue weighted by Crippen LogP contribution is -2.42. The first-order valence-corrected chi connectivity index (χ1v) is 12.4. The lowest BCUT2D eigenvalue weighted by atomic mass is 9.86. The summed E-state index contributed by atoms with van der Waals surface area (Å²) in [6.45, 7) is 4.96. The monoisotopic (exact) mass is 465 g/mol. The van der Waals surface area contributed by atoms with Gasteiger partial charge in [-0.15, -0.1) is 6.58 Å². The van der Waals surface area contributed by atoms with Gasteiger partial charge in [0.2, 0.25) is 0 Å². The molecule has 0 bridgehead atoms. The first-order chi connectivity index (χ1) is 14.9. The minimum Gasteiger partial charge on any atom is -0.493 e. The van der Waals surface area contributed by atoms with Crippen LogP contribution in [-0.2, 0) is 14.6 Å². The molecule has 0 N–H and O–H groups in total. The molecular weight excluding hydrogens is 441 g/mol. The van der Waals surface area contributed by atoms with Gasteiger partial charge in [0.1, 0.15) is 11.6 Å². The molecule has 8 heteroatoms. The predicted octanol–water partition coefficient (Wildman–Crippen LogP) is 4.70. The summed E-state index contributed by atoms with van der Waals surface area (Å²) in [5, 5.41) is -0.370. The summed E-state index contributed by atoms with van der Waals surface area (Å²) in [7, 11) is -3.25. The van der Waals surface area contributed by atoms with Gasteiger partial charge in [-0.2, -0.15) is 0 Å². The van der Waals surface area contributed by atoms with Gasteiger partial charge in [-0.3, -0.25) is 4.98 Å². The van der Waals surface area contributed by atoms with Crippen LogP contribution in [0.1, 0.15) is 19.3 Å². The minimum atomic E-state index is -3.25. The molecule has 2 heterocycles. The number of sulfone groups is 1. The normalized spacial score (nSPS) is 22.6. The molecule has 1 aromatic heterocycles. The topological polar surface area (TPSA) is 65.5 Å². The molecule has 2 aliphatic rings. The van der Waals surface area contributed by atoms with Gasteiger partial charge in [0.15, 0.2) is 9.84 Å². The van der Waals surface area contributed by atoms with Gasteiger partial charge in [-0.05, 0) is 49.4 Å². The Hall–Kier alpha value is -1.96. The Kier molecular flexibility index (Phi) is 6.65. The summed E-state index contributed by atoms with van der Waals surface area (Å²) >= 11 is 5.84. The standard InChI is InChI=1S/C23H25ClFNO4S/c1-2-23(31(27,28)18-5-6-18)19-9-10-29-13-15(19)14-30-17-4-7-20(21(25)11-17)22-8-3-16(24)12-26-22/h2-4,7-8,11-12,15,18-19,23H,1,5-6,9-10,13-14H2. The van der Waals surface area contributed by atoms with Crippen LogP contribution in [0.3, 0.4) is 0 Å². The Labute approximate surface area is 187 Å². The fourth-order valence-corrected chi connectivity index (χ4v) is 6.58. The molecule has 1 aliphatic heterocycles. The lowest BCUT2D eigenvalue weighted by molar-refractivity contribution is -0.000423. The number of hydrogen-bond acceptors (Lipinski definition) is 5. The zero-order chi connectivity index (χ0) is 22.0. The number of hydrogen-bond donors (Lipinski definition) is 0. The summed E-state index contributed by atoms with van der Waals surface area (Å²) in [6.07, 6.45) is 5.11. The Morgan fingerprint density at radius 2 is 2.10 bits per heavy atom. The summed E-state index contributed by atoms with van der Waals surface area (Å²) < 4.78 is 51.8. The van der Waals surface area contributed by atoms with Crippen molar-refractivity contribution in [3.05, 3.63) is 60.0 Å². The van der Waals surface area contributed by atoms with Gasteiger partial charge < -0.3 is 9.47 Å². The quantitative estimate of drug-likeness (QED) is 0.528. The van der Waals surface area contributed by atoms with E-state index in [1.807, 2.05) is 0 Å².